The SMILES string of the molecule is NC(CO)c1cccc(O)c1O. The van der Waals surface area contributed by atoms with E-state index in [2.05, 4.69) is 0 Å². The van der Waals surface area contributed by atoms with Gasteiger partial charge in [-0.25, -0.2) is 0 Å². The lowest BCUT2D eigenvalue weighted by atomic mass is 10.1. The minimum absolute atomic E-state index is 0.226. The fraction of sp³-hybridized carbons (Fsp3) is 0.250. The summed E-state index contributed by atoms with van der Waals surface area (Å²) in [7, 11) is 0. The van der Waals surface area contributed by atoms with Crippen molar-refractivity contribution in [3.05, 3.63) is 23.8 Å². The molecule has 5 N–H and O–H groups in total. The van der Waals surface area contributed by atoms with Crippen LogP contribution in [0.1, 0.15) is 11.6 Å². The minimum Gasteiger partial charge on any atom is -0.504 e. The summed E-state index contributed by atoms with van der Waals surface area (Å²) in [5.74, 6) is -0.490. The first kappa shape index (κ1) is 8.83. The average Bonchev–Trinajstić information content (AvgIpc) is 2.08. The van der Waals surface area contributed by atoms with Crippen molar-refractivity contribution in [1.29, 1.82) is 0 Å². The molecular weight excluding hydrogens is 158 g/mol. The van der Waals surface area contributed by atoms with Gasteiger partial charge < -0.3 is 21.1 Å². The van der Waals surface area contributed by atoms with Crippen LogP contribution in [0.15, 0.2) is 18.2 Å². The fourth-order valence-electron chi connectivity index (χ4n) is 0.946. The molecule has 1 aromatic rings. The molecule has 4 nitrogen and oxygen atoms in total. The van der Waals surface area contributed by atoms with Gasteiger partial charge in [-0.15, -0.1) is 0 Å². The maximum atomic E-state index is 9.26. The normalized spacial score (nSPS) is 12.8. The Kier molecular flexibility index (Phi) is 2.52. The molecular formula is C8H11NO3. The van der Waals surface area contributed by atoms with E-state index in [-0.39, 0.29) is 18.1 Å². The van der Waals surface area contributed by atoms with E-state index in [1.54, 1.807) is 12.1 Å². The molecule has 0 saturated heterocycles. The summed E-state index contributed by atoms with van der Waals surface area (Å²) in [6.07, 6.45) is 0. The highest BCUT2D eigenvalue weighted by Crippen LogP contribution is 2.31. The van der Waals surface area contributed by atoms with Crippen molar-refractivity contribution in [2.24, 2.45) is 5.73 Å². The molecule has 1 aromatic carbocycles. The van der Waals surface area contributed by atoms with Gasteiger partial charge in [-0.05, 0) is 6.07 Å². The molecule has 0 aliphatic heterocycles. The number of rotatable bonds is 2. The van der Waals surface area contributed by atoms with Crippen LogP contribution in [0.3, 0.4) is 0 Å². The van der Waals surface area contributed by atoms with Crippen molar-refractivity contribution in [1.82, 2.24) is 0 Å². The molecule has 1 atom stereocenters. The number of phenols is 2. The number of aliphatic hydroxyl groups excluding tert-OH is 1. The monoisotopic (exact) mass is 169 g/mol. The van der Waals surface area contributed by atoms with Crippen molar-refractivity contribution in [2.75, 3.05) is 6.61 Å². The molecule has 66 valence electrons. The Morgan fingerprint density at radius 3 is 2.58 bits per heavy atom. The molecule has 0 spiro atoms. The molecule has 0 heterocycles. The van der Waals surface area contributed by atoms with Crippen LogP contribution < -0.4 is 5.73 Å². The van der Waals surface area contributed by atoms with Gasteiger partial charge in [0.1, 0.15) is 0 Å². The smallest absolute Gasteiger partial charge is 0.162 e. The third kappa shape index (κ3) is 1.49. The number of aliphatic hydroxyl groups is 1. The van der Waals surface area contributed by atoms with E-state index in [1.165, 1.54) is 6.07 Å². The van der Waals surface area contributed by atoms with Crippen molar-refractivity contribution in [2.45, 2.75) is 6.04 Å². The van der Waals surface area contributed by atoms with Crippen molar-refractivity contribution in [3.63, 3.8) is 0 Å². The van der Waals surface area contributed by atoms with E-state index >= 15 is 0 Å². The van der Waals surface area contributed by atoms with Crippen LogP contribution in [0.25, 0.3) is 0 Å². The summed E-state index contributed by atoms with van der Waals surface area (Å²) in [5.41, 5.74) is 5.79. The lowest BCUT2D eigenvalue weighted by Crippen LogP contribution is -2.14. The average molecular weight is 169 g/mol. The van der Waals surface area contributed by atoms with E-state index in [9.17, 15) is 5.11 Å². The number of hydrogen-bond acceptors (Lipinski definition) is 4. The van der Waals surface area contributed by atoms with Gasteiger partial charge in [-0.1, -0.05) is 12.1 Å². The van der Waals surface area contributed by atoms with Gasteiger partial charge in [0, 0.05) is 5.56 Å². The number of hydrogen-bond donors (Lipinski definition) is 4. The van der Waals surface area contributed by atoms with Crippen LogP contribution >= 0.6 is 0 Å². The minimum atomic E-state index is -0.655. The van der Waals surface area contributed by atoms with E-state index in [0.29, 0.717) is 5.56 Å². The first-order valence-electron chi connectivity index (χ1n) is 3.54. The number of benzene rings is 1. The number of para-hydroxylation sites is 1. The van der Waals surface area contributed by atoms with E-state index in [0.717, 1.165) is 0 Å². The Hall–Kier alpha value is -1.26. The molecule has 0 aromatic heterocycles. The van der Waals surface area contributed by atoms with E-state index in [4.69, 9.17) is 15.9 Å². The Labute approximate surface area is 69.9 Å². The van der Waals surface area contributed by atoms with Crippen LogP contribution in [-0.2, 0) is 0 Å². The van der Waals surface area contributed by atoms with E-state index < -0.39 is 6.04 Å². The largest absolute Gasteiger partial charge is 0.504 e. The van der Waals surface area contributed by atoms with Gasteiger partial charge in [0.25, 0.3) is 0 Å². The molecule has 0 aliphatic rings. The number of nitrogens with two attached hydrogens (primary N) is 1. The molecule has 1 rings (SSSR count). The molecule has 1 unspecified atom stereocenters. The Morgan fingerprint density at radius 2 is 2.00 bits per heavy atom. The Morgan fingerprint density at radius 1 is 1.33 bits per heavy atom. The zero-order chi connectivity index (χ0) is 9.14. The third-order valence-electron chi connectivity index (χ3n) is 1.64. The summed E-state index contributed by atoms with van der Waals surface area (Å²) in [6.45, 7) is -0.267. The standard InChI is InChI=1S/C8H11NO3/c9-6(4-10)5-2-1-3-7(11)8(5)12/h1-3,6,10-12H,4,9H2. The zero-order valence-electron chi connectivity index (χ0n) is 6.44. The predicted octanol–water partition coefficient (Wildman–Crippen LogP) is 0.0899. The van der Waals surface area contributed by atoms with Gasteiger partial charge in [0.05, 0.1) is 12.6 Å². The molecule has 0 radical (unpaired) electrons. The summed E-state index contributed by atoms with van der Waals surface area (Å²) < 4.78 is 0. The van der Waals surface area contributed by atoms with Gasteiger partial charge in [-0.3, -0.25) is 0 Å². The molecule has 0 aliphatic carbocycles. The number of phenolic OH excluding ortho intramolecular Hbond substituents is 2. The first-order chi connectivity index (χ1) is 5.66. The molecule has 0 amide bonds. The van der Waals surface area contributed by atoms with Crippen LogP contribution in [0, 0.1) is 0 Å². The van der Waals surface area contributed by atoms with Crippen LogP contribution in [-0.4, -0.2) is 21.9 Å². The fourth-order valence-corrected chi connectivity index (χ4v) is 0.946. The maximum Gasteiger partial charge on any atom is 0.162 e. The third-order valence-corrected chi connectivity index (χ3v) is 1.64. The van der Waals surface area contributed by atoms with Crippen molar-refractivity contribution >= 4 is 0 Å². The highest BCUT2D eigenvalue weighted by atomic mass is 16.3. The maximum absolute atomic E-state index is 9.26. The second-order valence-electron chi connectivity index (χ2n) is 2.50. The van der Waals surface area contributed by atoms with Crippen molar-refractivity contribution in [3.8, 4) is 11.5 Å². The summed E-state index contributed by atoms with van der Waals surface area (Å²) in [5, 5.41) is 27.0. The van der Waals surface area contributed by atoms with Crippen LogP contribution in [0.4, 0.5) is 0 Å². The zero-order valence-corrected chi connectivity index (χ0v) is 6.44. The highest BCUT2D eigenvalue weighted by molar-refractivity contribution is 5.45. The lowest BCUT2D eigenvalue weighted by Gasteiger charge is -2.10. The molecule has 0 saturated carbocycles. The Balaban J connectivity index is 3.07. The Bertz CT molecular complexity index is 275. The molecule has 4 heteroatoms. The van der Waals surface area contributed by atoms with Gasteiger partial charge in [-0.2, -0.15) is 0 Å². The van der Waals surface area contributed by atoms with Crippen LogP contribution in [0.5, 0.6) is 11.5 Å². The molecule has 0 bridgehead atoms. The van der Waals surface area contributed by atoms with Gasteiger partial charge in [0.15, 0.2) is 11.5 Å². The molecule has 12 heavy (non-hydrogen) atoms. The van der Waals surface area contributed by atoms with Crippen LogP contribution in [0.2, 0.25) is 0 Å². The second kappa shape index (κ2) is 3.42. The summed E-state index contributed by atoms with van der Waals surface area (Å²) >= 11 is 0. The summed E-state index contributed by atoms with van der Waals surface area (Å²) in [6, 6.07) is 3.80. The predicted molar refractivity (Wildman–Crippen MR) is 43.8 cm³/mol. The van der Waals surface area contributed by atoms with Crippen molar-refractivity contribution < 1.29 is 15.3 Å². The van der Waals surface area contributed by atoms with Gasteiger partial charge >= 0.3 is 0 Å². The van der Waals surface area contributed by atoms with Gasteiger partial charge in [0.2, 0.25) is 0 Å². The quantitative estimate of drug-likeness (QED) is 0.472. The lowest BCUT2D eigenvalue weighted by molar-refractivity contribution is 0.264. The highest BCUT2D eigenvalue weighted by Gasteiger charge is 2.11. The molecule has 0 fully saturated rings. The van der Waals surface area contributed by atoms with E-state index in [1.807, 2.05) is 0 Å². The number of aromatic hydroxyl groups is 2. The topological polar surface area (TPSA) is 86.7 Å². The first-order valence-corrected chi connectivity index (χ1v) is 3.54. The second-order valence-corrected chi connectivity index (χ2v) is 2.50. The summed E-state index contributed by atoms with van der Waals surface area (Å²) in [4.78, 5) is 0.